The molecule has 1 N–H and O–H groups in total. The molecule has 2 aromatic rings. The van der Waals surface area contributed by atoms with E-state index in [1.165, 1.54) is 0 Å². The predicted molar refractivity (Wildman–Crippen MR) is 63.7 cm³/mol. The topological polar surface area (TPSA) is 37.8 Å². The van der Waals surface area contributed by atoms with Gasteiger partial charge in [-0.3, -0.25) is 0 Å². The summed E-state index contributed by atoms with van der Waals surface area (Å²) in [5.41, 5.74) is 0. The maximum absolute atomic E-state index is 4.14. The molecule has 6 heteroatoms. The van der Waals surface area contributed by atoms with E-state index in [9.17, 15) is 0 Å². The van der Waals surface area contributed by atoms with Crippen molar-refractivity contribution in [3.8, 4) is 9.88 Å². The highest BCUT2D eigenvalue weighted by Crippen LogP contribution is 2.32. The fourth-order valence-corrected chi connectivity index (χ4v) is 3.29. The van der Waals surface area contributed by atoms with Crippen LogP contribution < -0.4 is 5.32 Å². The van der Waals surface area contributed by atoms with Gasteiger partial charge in [-0.05, 0) is 35.1 Å². The lowest BCUT2D eigenvalue weighted by Gasteiger charge is -1.88. The molecule has 2 heterocycles. The Morgan fingerprint density at radius 2 is 2.21 bits per heavy atom. The van der Waals surface area contributed by atoms with E-state index in [-0.39, 0.29) is 0 Å². The molecule has 14 heavy (non-hydrogen) atoms. The van der Waals surface area contributed by atoms with Crippen LogP contribution in [0.4, 0.5) is 0 Å². The van der Waals surface area contributed by atoms with Gasteiger partial charge in [0.2, 0.25) is 0 Å². The Kier molecular flexibility index (Phi) is 3.27. The first-order valence-electron chi connectivity index (χ1n) is 4.02. The molecule has 0 fully saturated rings. The molecule has 0 aliphatic carbocycles. The van der Waals surface area contributed by atoms with Crippen molar-refractivity contribution in [1.29, 1.82) is 0 Å². The molecule has 2 aromatic heterocycles. The van der Waals surface area contributed by atoms with Gasteiger partial charge in [-0.1, -0.05) is 11.3 Å². The van der Waals surface area contributed by atoms with Gasteiger partial charge in [0.25, 0.3) is 0 Å². The molecule has 0 spiro atoms. The number of hydrogen-bond donors (Lipinski definition) is 1. The van der Waals surface area contributed by atoms with E-state index in [0.29, 0.717) is 0 Å². The molecule has 0 aliphatic heterocycles. The predicted octanol–water partition coefficient (Wildman–Crippen LogP) is 2.75. The van der Waals surface area contributed by atoms with Crippen molar-refractivity contribution in [3.05, 3.63) is 20.9 Å². The Labute approximate surface area is 98.3 Å². The average molecular weight is 290 g/mol. The molecule has 0 aliphatic rings. The van der Waals surface area contributed by atoms with Crippen LogP contribution in [0.2, 0.25) is 0 Å². The van der Waals surface area contributed by atoms with E-state index in [1.54, 1.807) is 22.7 Å². The average Bonchev–Trinajstić information content (AvgIpc) is 2.74. The zero-order valence-electron chi connectivity index (χ0n) is 7.45. The number of nitrogens with zero attached hydrogens (tertiary/aromatic N) is 2. The first kappa shape index (κ1) is 10.2. The first-order chi connectivity index (χ1) is 6.79. The lowest BCUT2D eigenvalue weighted by molar-refractivity contribution is 0.795. The molecule has 0 bridgehead atoms. The van der Waals surface area contributed by atoms with E-state index < -0.39 is 0 Å². The lowest BCUT2D eigenvalue weighted by Crippen LogP contribution is -2.04. The van der Waals surface area contributed by atoms with Crippen LogP contribution in [0.1, 0.15) is 5.01 Å². The summed E-state index contributed by atoms with van der Waals surface area (Å²) in [6.45, 7) is 0.782. The Bertz CT molecular complexity index is 424. The summed E-state index contributed by atoms with van der Waals surface area (Å²) in [5.74, 6) is 0. The van der Waals surface area contributed by atoms with E-state index in [2.05, 4.69) is 37.5 Å². The van der Waals surface area contributed by atoms with Gasteiger partial charge in [0.15, 0.2) is 5.01 Å². The molecule has 0 unspecified atom stereocenters. The maximum Gasteiger partial charge on any atom is 0.157 e. The number of halogens is 1. The van der Waals surface area contributed by atoms with Crippen LogP contribution in [-0.4, -0.2) is 17.2 Å². The second-order valence-electron chi connectivity index (χ2n) is 2.64. The van der Waals surface area contributed by atoms with E-state index in [0.717, 1.165) is 25.2 Å². The quantitative estimate of drug-likeness (QED) is 0.944. The Balaban J connectivity index is 2.24. The third kappa shape index (κ3) is 2.20. The molecule has 0 saturated heterocycles. The summed E-state index contributed by atoms with van der Waals surface area (Å²) < 4.78 is 1.12. The highest BCUT2D eigenvalue weighted by molar-refractivity contribution is 9.11. The second-order valence-corrected chi connectivity index (χ2v) is 6.16. The van der Waals surface area contributed by atoms with Crippen LogP contribution >= 0.6 is 38.6 Å². The van der Waals surface area contributed by atoms with Crippen LogP contribution in [0.3, 0.4) is 0 Å². The summed E-state index contributed by atoms with van der Waals surface area (Å²) >= 11 is 6.73. The summed E-state index contributed by atoms with van der Waals surface area (Å²) in [6.07, 6.45) is 0. The minimum Gasteiger partial charge on any atom is -0.313 e. The molecule has 0 aromatic carbocycles. The standard InChI is InChI=1S/C8H8BrN3S2/c1-10-4-7-11-12-8(14-7)5-2-3-6(9)13-5/h2-3,10H,4H2,1H3. The maximum atomic E-state index is 4.14. The zero-order chi connectivity index (χ0) is 9.97. The number of aromatic nitrogens is 2. The van der Waals surface area contributed by atoms with E-state index in [1.807, 2.05) is 13.1 Å². The van der Waals surface area contributed by atoms with Crippen LogP contribution in [-0.2, 0) is 6.54 Å². The fourth-order valence-electron chi connectivity index (χ4n) is 1.01. The molecule has 3 nitrogen and oxygen atoms in total. The SMILES string of the molecule is CNCc1nnc(-c2ccc(Br)s2)s1. The van der Waals surface area contributed by atoms with Crippen LogP contribution in [0.25, 0.3) is 9.88 Å². The highest BCUT2D eigenvalue weighted by atomic mass is 79.9. The number of hydrogen-bond acceptors (Lipinski definition) is 5. The smallest absolute Gasteiger partial charge is 0.157 e. The second kappa shape index (κ2) is 4.48. The summed E-state index contributed by atoms with van der Waals surface area (Å²) in [7, 11) is 1.91. The Morgan fingerprint density at radius 1 is 1.36 bits per heavy atom. The monoisotopic (exact) mass is 289 g/mol. The van der Waals surface area contributed by atoms with Gasteiger partial charge in [-0.15, -0.1) is 21.5 Å². The molecule has 2 rings (SSSR count). The van der Waals surface area contributed by atoms with Crippen LogP contribution in [0, 0.1) is 0 Å². The zero-order valence-corrected chi connectivity index (χ0v) is 10.7. The van der Waals surface area contributed by atoms with Crippen LogP contribution in [0.15, 0.2) is 15.9 Å². The van der Waals surface area contributed by atoms with Crippen molar-refractivity contribution in [2.24, 2.45) is 0 Å². The molecular formula is C8H8BrN3S2. The third-order valence-electron chi connectivity index (χ3n) is 1.58. The van der Waals surface area contributed by atoms with Gasteiger partial charge >= 0.3 is 0 Å². The van der Waals surface area contributed by atoms with Crippen molar-refractivity contribution in [1.82, 2.24) is 15.5 Å². The number of thiophene rings is 1. The van der Waals surface area contributed by atoms with Gasteiger partial charge < -0.3 is 5.32 Å². The molecule has 0 atom stereocenters. The van der Waals surface area contributed by atoms with Crippen LogP contribution in [0.5, 0.6) is 0 Å². The normalized spacial score (nSPS) is 10.7. The summed E-state index contributed by atoms with van der Waals surface area (Å²) in [5, 5.41) is 13.3. The third-order valence-corrected chi connectivity index (χ3v) is 4.29. The Morgan fingerprint density at radius 3 is 2.86 bits per heavy atom. The van der Waals surface area contributed by atoms with E-state index >= 15 is 0 Å². The van der Waals surface area contributed by atoms with Gasteiger partial charge in [-0.25, -0.2) is 0 Å². The number of nitrogens with one attached hydrogen (secondary N) is 1. The molecule has 0 amide bonds. The first-order valence-corrected chi connectivity index (χ1v) is 6.45. The Hall–Kier alpha value is -0.300. The minimum absolute atomic E-state index is 0.782. The number of rotatable bonds is 3. The van der Waals surface area contributed by atoms with Gasteiger partial charge in [0.1, 0.15) is 5.01 Å². The molecule has 0 saturated carbocycles. The molecule has 0 radical (unpaired) electrons. The summed E-state index contributed by atoms with van der Waals surface area (Å²) in [4.78, 5) is 1.16. The lowest BCUT2D eigenvalue weighted by atomic mass is 10.5. The summed E-state index contributed by atoms with van der Waals surface area (Å²) in [6, 6.07) is 4.08. The van der Waals surface area contributed by atoms with E-state index in [4.69, 9.17) is 0 Å². The fraction of sp³-hybridized carbons (Fsp3) is 0.250. The van der Waals surface area contributed by atoms with Crippen molar-refractivity contribution in [3.63, 3.8) is 0 Å². The van der Waals surface area contributed by atoms with Crippen molar-refractivity contribution in [2.75, 3.05) is 7.05 Å². The molecular weight excluding hydrogens is 282 g/mol. The van der Waals surface area contributed by atoms with Crippen molar-refractivity contribution < 1.29 is 0 Å². The molecule has 74 valence electrons. The van der Waals surface area contributed by atoms with Gasteiger partial charge in [0, 0.05) is 6.54 Å². The van der Waals surface area contributed by atoms with Gasteiger partial charge in [0.05, 0.1) is 8.66 Å². The highest BCUT2D eigenvalue weighted by Gasteiger charge is 2.07. The largest absolute Gasteiger partial charge is 0.313 e. The van der Waals surface area contributed by atoms with Gasteiger partial charge in [-0.2, -0.15) is 0 Å². The minimum atomic E-state index is 0.782. The van der Waals surface area contributed by atoms with Crippen molar-refractivity contribution >= 4 is 38.6 Å². The van der Waals surface area contributed by atoms with Crippen molar-refractivity contribution in [2.45, 2.75) is 6.54 Å².